The van der Waals surface area contributed by atoms with E-state index in [1.165, 1.54) is 27.8 Å². The van der Waals surface area contributed by atoms with Gasteiger partial charge in [-0.3, -0.25) is 4.90 Å². The van der Waals surface area contributed by atoms with Crippen molar-refractivity contribution >= 4 is 0 Å². The van der Waals surface area contributed by atoms with Crippen LogP contribution in [-0.2, 0) is 32.4 Å². The second kappa shape index (κ2) is 9.13. The molecule has 3 aromatic rings. The molecule has 0 unspecified atom stereocenters. The average molecular weight is 432 g/mol. The smallest absolute Gasteiger partial charge is 0.231 e. The summed E-state index contributed by atoms with van der Waals surface area (Å²) in [6.45, 7) is 2.92. The molecule has 2 aliphatic rings. The zero-order chi connectivity index (χ0) is 21.9. The maximum Gasteiger partial charge on any atom is 0.231 e. The van der Waals surface area contributed by atoms with E-state index in [1.54, 1.807) is 14.2 Å². The summed E-state index contributed by atoms with van der Waals surface area (Å²) in [5, 5.41) is 0. The topological polar surface area (TPSA) is 40.2 Å². The largest absolute Gasteiger partial charge is 0.493 e. The fraction of sp³-hybridized carbons (Fsp3) is 0.333. The summed E-state index contributed by atoms with van der Waals surface area (Å²) in [6, 6.07) is 19.2. The molecule has 3 aromatic carbocycles. The Balaban J connectivity index is 1.55. The molecule has 5 heteroatoms. The van der Waals surface area contributed by atoms with Crippen molar-refractivity contribution in [1.82, 2.24) is 4.90 Å². The molecule has 0 radical (unpaired) electrons. The lowest BCUT2D eigenvalue weighted by Gasteiger charge is -2.27. The normalized spacial score (nSPS) is 15.6. The molecule has 0 fully saturated rings. The van der Waals surface area contributed by atoms with Crippen LogP contribution in [0.25, 0.3) is 0 Å². The summed E-state index contributed by atoms with van der Waals surface area (Å²) < 4.78 is 22.8. The van der Waals surface area contributed by atoms with E-state index in [0.29, 0.717) is 6.79 Å². The van der Waals surface area contributed by atoms with Gasteiger partial charge in [-0.15, -0.1) is 0 Å². The summed E-state index contributed by atoms with van der Waals surface area (Å²) in [6.07, 6.45) is 2.84. The van der Waals surface area contributed by atoms with Crippen LogP contribution >= 0.6 is 0 Å². The van der Waals surface area contributed by atoms with Crippen LogP contribution in [-0.4, -0.2) is 32.5 Å². The van der Waals surface area contributed by atoms with Gasteiger partial charge in [-0.05, 0) is 59.7 Å². The summed E-state index contributed by atoms with van der Waals surface area (Å²) in [4.78, 5) is 2.50. The van der Waals surface area contributed by atoms with Crippen molar-refractivity contribution in [2.75, 3.05) is 27.6 Å². The van der Waals surface area contributed by atoms with E-state index in [2.05, 4.69) is 53.4 Å². The molecule has 0 bridgehead atoms. The Labute approximate surface area is 189 Å². The maximum atomic E-state index is 5.84. The van der Waals surface area contributed by atoms with Gasteiger partial charge in [-0.25, -0.2) is 0 Å². The Morgan fingerprint density at radius 3 is 2.25 bits per heavy atom. The Bertz CT molecular complexity index is 1100. The molecular formula is C27H29NO4. The Morgan fingerprint density at radius 1 is 0.812 bits per heavy atom. The molecule has 0 spiro atoms. The van der Waals surface area contributed by atoms with Crippen LogP contribution in [0, 0.1) is 0 Å². The number of rotatable bonds is 4. The molecule has 0 saturated carbocycles. The van der Waals surface area contributed by atoms with Crippen LogP contribution in [0.5, 0.6) is 23.0 Å². The van der Waals surface area contributed by atoms with Crippen molar-refractivity contribution < 1.29 is 18.9 Å². The first-order chi connectivity index (χ1) is 15.7. The zero-order valence-electron chi connectivity index (χ0n) is 18.7. The molecule has 166 valence electrons. The highest BCUT2D eigenvalue weighted by atomic mass is 16.7. The van der Waals surface area contributed by atoms with Gasteiger partial charge in [0, 0.05) is 25.2 Å². The molecule has 5 nitrogen and oxygen atoms in total. The predicted octanol–water partition coefficient (Wildman–Crippen LogP) is 4.78. The molecule has 0 atom stereocenters. The van der Waals surface area contributed by atoms with E-state index in [9.17, 15) is 0 Å². The van der Waals surface area contributed by atoms with E-state index in [4.69, 9.17) is 18.9 Å². The van der Waals surface area contributed by atoms with Gasteiger partial charge in [0.2, 0.25) is 6.79 Å². The number of benzene rings is 3. The van der Waals surface area contributed by atoms with Gasteiger partial charge < -0.3 is 18.9 Å². The molecule has 32 heavy (non-hydrogen) atoms. The summed E-state index contributed by atoms with van der Waals surface area (Å²) in [7, 11) is 3.43. The highest BCUT2D eigenvalue weighted by Gasteiger charge is 2.22. The number of aryl methyl sites for hydroxylation is 2. The van der Waals surface area contributed by atoms with Crippen molar-refractivity contribution in [1.29, 1.82) is 0 Å². The summed E-state index contributed by atoms with van der Waals surface area (Å²) in [5.74, 6) is 3.35. The Kier molecular flexibility index (Phi) is 5.91. The molecule has 5 rings (SSSR count). The molecule has 0 aliphatic carbocycles. The molecule has 2 aliphatic heterocycles. The molecular weight excluding hydrogens is 402 g/mol. The number of fused-ring (bicyclic) bond motifs is 3. The van der Waals surface area contributed by atoms with Crippen LogP contribution in [0.2, 0.25) is 0 Å². The minimum atomic E-state index is 0.304. The zero-order valence-corrected chi connectivity index (χ0v) is 18.7. The lowest BCUT2D eigenvalue weighted by Crippen LogP contribution is -2.27. The van der Waals surface area contributed by atoms with Crippen molar-refractivity contribution in [3.63, 3.8) is 0 Å². The molecule has 0 aromatic heterocycles. The minimum Gasteiger partial charge on any atom is -0.493 e. The van der Waals surface area contributed by atoms with Gasteiger partial charge in [0.05, 0.1) is 14.2 Å². The number of hydrogen-bond acceptors (Lipinski definition) is 5. The van der Waals surface area contributed by atoms with Crippen LogP contribution in [0.15, 0.2) is 54.6 Å². The Morgan fingerprint density at radius 2 is 1.53 bits per heavy atom. The van der Waals surface area contributed by atoms with Gasteiger partial charge in [0.1, 0.15) is 0 Å². The van der Waals surface area contributed by atoms with Gasteiger partial charge >= 0.3 is 0 Å². The number of methoxy groups -OCH3 is 2. The lowest BCUT2D eigenvalue weighted by atomic mass is 9.93. The van der Waals surface area contributed by atoms with Crippen molar-refractivity contribution in [2.24, 2.45) is 0 Å². The lowest BCUT2D eigenvalue weighted by molar-refractivity contribution is 0.174. The van der Waals surface area contributed by atoms with E-state index in [1.807, 2.05) is 6.07 Å². The number of hydrogen-bond donors (Lipinski definition) is 0. The second-order valence-electron chi connectivity index (χ2n) is 8.36. The average Bonchev–Trinajstić information content (AvgIpc) is 3.28. The first-order valence-corrected chi connectivity index (χ1v) is 11.2. The monoisotopic (exact) mass is 431 g/mol. The maximum absolute atomic E-state index is 5.84. The quantitative estimate of drug-likeness (QED) is 0.595. The van der Waals surface area contributed by atoms with Crippen LogP contribution in [0.3, 0.4) is 0 Å². The highest BCUT2D eigenvalue weighted by Crippen LogP contribution is 2.38. The van der Waals surface area contributed by atoms with Crippen LogP contribution in [0.1, 0.15) is 27.8 Å². The first-order valence-electron chi connectivity index (χ1n) is 11.2. The van der Waals surface area contributed by atoms with Gasteiger partial charge in [-0.1, -0.05) is 36.4 Å². The Hall–Kier alpha value is -3.18. The third-order valence-electron chi connectivity index (χ3n) is 6.43. The molecule has 0 amide bonds. The minimum absolute atomic E-state index is 0.304. The third kappa shape index (κ3) is 4.13. The third-order valence-corrected chi connectivity index (χ3v) is 6.43. The molecule has 2 heterocycles. The molecule has 0 N–H and O–H groups in total. The van der Waals surface area contributed by atoms with E-state index in [-0.39, 0.29) is 0 Å². The van der Waals surface area contributed by atoms with E-state index < -0.39 is 0 Å². The van der Waals surface area contributed by atoms with Crippen LogP contribution in [0.4, 0.5) is 0 Å². The van der Waals surface area contributed by atoms with Gasteiger partial charge in [0.15, 0.2) is 23.0 Å². The van der Waals surface area contributed by atoms with Gasteiger partial charge in [-0.2, -0.15) is 0 Å². The number of nitrogens with zero attached hydrogens (tertiary/aromatic N) is 1. The standard InChI is InChI=1S/C27H29NO4/c1-29-24-11-10-20-8-9-21-14-25-26(32-18-31-25)15-22(21)12-13-28(17-23(20)27(24)30-2)16-19-6-4-3-5-7-19/h3-7,10-11,14-15H,8-9,12-13,16-18H2,1-2H3. The fourth-order valence-corrected chi connectivity index (χ4v) is 4.76. The van der Waals surface area contributed by atoms with E-state index in [0.717, 1.165) is 61.9 Å². The van der Waals surface area contributed by atoms with Crippen molar-refractivity contribution in [3.05, 3.63) is 82.4 Å². The number of ether oxygens (including phenoxy) is 4. The second-order valence-corrected chi connectivity index (χ2v) is 8.36. The molecule has 0 saturated heterocycles. The van der Waals surface area contributed by atoms with Crippen LogP contribution < -0.4 is 18.9 Å². The van der Waals surface area contributed by atoms with Crippen molar-refractivity contribution in [3.8, 4) is 23.0 Å². The summed E-state index contributed by atoms with van der Waals surface area (Å²) >= 11 is 0. The first kappa shape index (κ1) is 20.7. The SMILES string of the molecule is COc1ccc2c(c1OC)CN(Cc1ccccc1)CCc1cc3c(cc1CC2)OCO3. The fourth-order valence-electron chi connectivity index (χ4n) is 4.76. The summed E-state index contributed by atoms with van der Waals surface area (Å²) in [5.41, 5.74) is 6.49. The van der Waals surface area contributed by atoms with Gasteiger partial charge in [0.25, 0.3) is 0 Å². The van der Waals surface area contributed by atoms with E-state index >= 15 is 0 Å². The van der Waals surface area contributed by atoms with Crippen molar-refractivity contribution in [2.45, 2.75) is 32.4 Å². The predicted molar refractivity (Wildman–Crippen MR) is 124 cm³/mol. The highest BCUT2D eigenvalue weighted by molar-refractivity contribution is 5.52.